The summed E-state index contributed by atoms with van der Waals surface area (Å²) in [5.41, 5.74) is 1.77. The highest BCUT2D eigenvalue weighted by Gasteiger charge is 2.20. The number of rotatable bonds is 7. The van der Waals surface area contributed by atoms with Gasteiger partial charge in [-0.15, -0.1) is 0 Å². The average molecular weight is 543 g/mol. The highest BCUT2D eigenvalue weighted by atomic mass is 35.5. The fourth-order valence-electron chi connectivity index (χ4n) is 3.48. The highest BCUT2D eigenvalue weighted by molar-refractivity contribution is 7.99. The Morgan fingerprint density at radius 1 is 1.08 bits per heavy atom. The third-order valence-corrected chi connectivity index (χ3v) is 8.50. The van der Waals surface area contributed by atoms with Gasteiger partial charge in [0.2, 0.25) is 15.9 Å². The van der Waals surface area contributed by atoms with Gasteiger partial charge in [0.15, 0.2) is 5.16 Å². The number of anilines is 1. The zero-order valence-corrected chi connectivity index (χ0v) is 22.1. The predicted molar refractivity (Wildman–Crippen MR) is 144 cm³/mol. The van der Waals surface area contributed by atoms with Crippen LogP contribution in [-0.4, -0.2) is 48.0 Å². The van der Waals surface area contributed by atoms with E-state index >= 15 is 0 Å². The van der Waals surface area contributed by atoms with Crippen LogP contribution in [0.1, 0.15) is 5.56 Å². The Kier molecular flexibility index (Phi) is 7.51. The predicted octanol–water partition coefficient (Wildman–Crippen LogP) is 4.33. The van der Waals surface area contributed by atoms with Crippen LogP contribution >= 0.6 is 23.4 Å². The van der Waals surface area contributed by atoms with E-state index in [1.54, 1.807) is 61.5 Å². The third kappa shape index (κ3) is 5.17. The van der Waals surface area contributed by atoms with Crippen molar-refractivity contribution in [3.05, 3.63) is 87.7 Å². The Morgan fingerprint density at radius 2 is 1.78 bits per heavy atom. The molecule has 0 unspecified atom stereocenters. The molecule has 1 N–H and O–H groups in total. The van der Waals surface area contributed by atoms with E-state index in [1.807, 2.05) is 0 Å². The topological polar surface area (TPSA) is 101 Å². The second-order valence-electron chi connectivity index (χ2n) is 8.10. The molecule has 4 aromatic rings. The van der Waals surface area contributed by atoms with E-state index in [2.05, 4.69) is 10.3 Å². The fourth-order valence-corrected chi connectivity index (χ4v) is 5.43. The van der Waals surface area contributed by atoms with Crippen molar-refractivity contribution in [3.8, 4) is 5.69 Å². The van der Waals surface area contributed by atoms with Gasteiger partial charge in [-0.1, -0.05) is 53.7 Å². The first kappa shape index (κ1) is 25.9. The van der Waals surface area contributed by atoms with Crippen LogP contribution in [0.15, 0.2) is 81.6 Å². The van der Waals surface area contributed by atoms with Crippen LogP contribution in [-0.2, 0) is 14.8 Å². The summed E-state index contributed by atoms with van der Waals surface area (Å²) in [7, 11) is -0.770. The van der Waals surface area contributed by atoms with E-state index in [9.17, 15) is 18.0 Å². The van der Waals surface area contributed by atoms with Crippen molar-refractivity contribution in [1.29, 1.82) is 0 Å². The monoisotopic (exact) mass is 542 g/mol. The summed E-state index contributed by atoms with van der Waals surface area (Å²) in [4.78, 5) is 30.9. The number of thioether (sulfide) groups is 1. The molecule has 0 saturated carbocycles. The third-order valence-electron chi connectivity index (χ3n) is 5.43. The van der Waals surface area contributed by atoms with E-state index in [0.717, 1.165) is 16.1 Å². The number of hydrogen-bond donors (Lipinski definition) is 1. The first-order chi connectivity index (χ1) is 17.1. The Hall–Kier alpha value is -3.18. The largest absolute Gasteiger partial charge is 0.325 e. The Balaban J connectivity index is 1.65. The molecule has 0 radical (unpaired) electrons. The molecule has 186 valence electrons. The van der Waals surface area contributed by atoms with Gasteiger partial charge in [0.1, 0.15) is 0 Å². The number of hydrogen-bond acceptors (Lipinski definition) is 6. The SMILES string of the molecule is Cc1ccc(S(=O)(=O)N(C)C)cc1NC(=O)CSc1nc2ccccc2c(=O)n1-c1ccccc1Cl. The van der Waals surface area contributed by atoms with E-state index in [1.165, 1.54) is 30.8 Å². The summed E-state index contributed by atoms with van der Waals surface area (Å²) in [5, 5.41) is 3.88. The van der Waals surface area contributed by atoms with Crippen molar-refractivity contribution < 1.29 is 13.2 Å². The molecule has 0 aliphatic rings. The van der Waals surface area contributed by atoms with Crippen molar-refractivity contribution in [2.24, 2.45) is 0 Å². The van der Waals surface area contributed by atoms with Crippen LogP contribution in [0.5, 0.6) is 0 Å². The van der Waals surface area contributed by atoms with E-state index in [0.29, 0.717) is 38.0 Å². The number of aromatic nitrogens is 2. The second kappa shape index (κ2) is 10.4. The van der Waals surface area contributed by atoms with Gasteiger partial charge in [0.25, 0.3) is 5.56 Å². The number of carbonyl (C=O) groups excluding carboxylic acids is 1. The summed E-state index contributed by atoms with van der Waals surface area (Å²) >= 11 is 7.47. The van der Waals surface area contributed by atoms with E-state index in [4.69, 9.17) is 11.6 Å². The van der Waals surface area contributed by atoms with Crippen LogP contribution in [0.4, 0.5) is 5.69 Å². The number of sulfonamides is 1. The lowest BCUT2D eigenvalue weighted by molar-refractivity contribution is -0.113. The van der Waals surface area contributed by atoms with Gasteiger partial charge < -0.3 is 5.32 Å². The maximum Gasteiger partial charge on any atom is 0.266 e. The minimum atomic E-state index is -3.66. The second-order valence-corrected chi connectivity index (χ2v) is 11.6. The molecule has 0 fully saturated rings. The maximum atomic E-state index is 13.4. The summed E-state index contributed by atoms with van der Waals surface area (Å²) in [5.74, 6) is -0.449. The summed E-state index contributed by atoms with van der Waals surface area (Å²) in [6.07, 6.45) is 0. The van der Waals surface area contributed by atoms with Gasteiger partial charge in [-0.05, 0) is 48.9 Å². The molecule has 1 heterocycles. The molecule has 0 aliphatic carbocycles. The van der Waals surface area contributed by atoms with Gasteiger partial charge in [-0.2, -0.15) is 0 Å². The van der Waals surface area contributed by atoms with E-state index in [-0.39, 0.29) is 22.1 Å². The summed E-state index contributed by atoms with van der Waals surface area (Å²) < 4.78 is 27.5. The standard InChI is InChI=1S/C25H23ClN4O4S2/c1-16-12-13-17(36(33,34)29(2)3)14-21(16)27-23(31)15-35-25-28-20-10-6-4-8-18(20)24(32)30(25)22-11-7-5-9-19(22)26/h4-14H,15H2,1-3H3,(H,27,31). The van der Waals surface area contributed by atoms with Crippen molar-refractivity contribution in [3.63, 3.8) is 0 Å². The molecular weight excluding hydrogens is 520 g/mol. The molecule has 1 amide bonds. The summed E-state index contributed by atoms with van der Waals surface area (Å²) in [6.45, 7) is 1.77. The Morgan fingerprint density at radius 3 is 2.50 bits per heavy atom. The maximum absolute atomic E-state index is 13.4. The number of aryl methyl sites for hydroxylation is 1. The van der Waals surface area contributed by atoms with Crippen molar-refractivity contribution >= 4 is 55.9 Å². The van der Waals surface area contributed by atoms with Crippen LogP contribution in [0.25, 0.3) is 16.6 Å². The molecule has 11 heteroatoms. The zero-order valence-electron chi connectivity index (χ0n) is 19.7. The number of para-hydroxylation sites is 2. The van der Waals surface area contributed by atoms with Crippen LogP contribution in [0.2, 0.25) is 5.02 Å². The average Bonchev–Trinajstić information content (AvgIpc) is 2.85. The molecule has 0 aliphatic heterocycles. The van der Waals surface area contributed by atoms with Crippen LogP contribution in [0.3, 0.4) is 0 Å². The van der Waals surface area contributed by atoms with Crippen molar-refractivity contribution in [1.82, 2.24) is 13.9 Å². The molecule has 1 aromatic heterocycles. The van der Waals surface area contributed by atoms with Gasteiger partial charge in [-0.25, -0.2) is 17.7 Å². The molecule has 4 rings (SSSR count). The fraction of sp³-hybridized carbons (Fsp3) is 0.160. The number of amides is 1. The lowest BCUT2D eigenvalue weighted by Crippen LogP contribution is -2.23. The Labute approximate surface area is 218 Å². The molecular formula is C25H23ClN4O4S2. The number of fused-ring (bicyclic) bond motifs is 1. The number of nitrogens with one attached hydrogen (secondary N) is 1. The lowest BCUT2D eigenvalue weighted by atomic mass is 10.2. The number of carbonyl (C=O) groups is 1. The number of halogens is 1. The van der Waals surface area contributed by atoms with Crippen LogP contribution in [0, 0.1) is 6.92 Å². The van der Waals surface area contributed by atoms with Crippen molar-refractivity contribution in [2.45, 2.75) is 17.0 Å². The van der Waals surface area contributed by atoms with E-state index < -0.39 is 10.0 Å². The molecule has 3 aromatic carbocycles. The molecule has 0 atom stereocenters. The van der Waals surface area contributed by atoms with Gasteiger partial charge >= 0.3 is 0 Å². The lowest BCUT2D eigenvalue weighted by Gasteiger charge is -2.15. The molecule has 8 nitrogen and oxygen atoms in total. The van der Waals surface area contributed by atoms with Gasteiger partial charge in [0, 0.05) is 19.8 Å². The minimum absolute atomic E-state index is 0.0701. The normalized spacial score (nSPS) is 11.7. The zero-order chi connectivity index (χ0) is 26.0. The number of nitrogens with zero attached hydrogens (tertiary/aromatic N) is 3. The molecule has 0 bridgehead atoms. The summed E-state index contributed by atoms with van der Waals surface area (Å²) in [6, 6.07) is 18.5. The molecule has 36 heavy (non-hydrogen) atoms. The van der Waals surface area contributed by atoms with Crippen LogP contribution < -0.4 is 10.9 Å². The quantitative estimate of drug-likeness (QED) is 0.275. The van der Waals surface area contributed by atoms with Gasteiger partial charge in [-0.3, -0.25) is 14.2 Å². The first-order valence-electron chi connectivity index (χ1n) is 10.8. The Bertz CT molecular complexity index is 1640. The molecule has 0 saturated heterocycles. The van der Waals surface area contributed by atoms with Gasteiger partial charge in [0.05, 0.1) is 32.3 Å². The van der Waals surface area contributed by atoms with Crippen molar-refractivity contribution in [2.75, 3.05) is 25.2 Å². The molecule has 0 spiro atoms. The number of benzene rings is 3. The minimum Gasteiger partial charge on any atom is -0.325 e. The smallest absolute Gasteiger partial charge is 0.266 e. The highest BCUT2D eigenvalue weighted by Crippen LogP contribution is 2.27. The first-order valence-corrected chi connectivity index (χ1v) is 13.6.